The van der Waals surface area contributed by atoms with Crippen LogP contribution in [0.2, 0.25) is 0 Å². The molecule has 1 aromatic rings. The molecule has 6 heteroatoms. The van der Waals surface area contributed by atoms with Gasteiger partial charge < -0.3 is 10.1 Å². The highest BCUT2D eigenvalue weighted by Gasteiger charge is 2.30. The van der Waals surface area contributed by atoms with Gasteiger partial charge in [-0.25, -0.2) is 4.79 Å². The van der Waals surface area contributed by atoms with Crippen molar-refractivity contribution in [2.45, 2.75) is 26.3 Å². The van der Waals surface area contributed by atoms with E-state index in [0.717, 1.165) is 3.57 Å². The maximum Gasteiger partial charge on any atom is 0.338 e. The molecule has 21 heavy (non-hydrogen) atoms. The number of nitrogens with one attached hydrogen (secondary N) is 1. The average molecular weight is 400 g/mol. The van der Waals surface area contributed by atoms with Crippen molar-refractivity contribution >= 4 is 34.5 Å². The van der Waals surface area contributed by atoms with Crippen LogP contribution in [0, 0.1) is 20.8 Å². The van der Waals surface area contributed by atoms with E-state index in [9.17, 15) is 9.59 Å². The molecule has 0 bridgehead atoms. The maximum absolute atomic E-state index is 11.8. The van der Waals surface area contributed by atoms with Gasteiger partial charge in [-0.1, -0.05) is 19.9 Å². The molecule has 0 aliphatic carbocycles. The molecule has 1 atom stereocenters. The van der Waals surface area contributed by atoms with Gasteiger partial charge in [0.25, 0.3) is 5.91 Å². The molecule has 0 saturated carbocycles. The summed E-state index contributed by atoms with van der Waals surface area (Å²) in [5.41, 5.74) is -0.590. The van der Waals surface area contributed by atoms with Crippen LogP contribution in [0.5, 0.6) is 0 Å². The number of carbonyl (C=O) groups excluding carboxylic acids is 2. The lowest BCUT2D eigenvalue weighted by Gasteiger charge is -2.27. The van der Waals surface area contributed by atoms with Crippen molar-refractivity contribution in [1.29, 1.82) is 5.26 Å². The second-order valence-electron chi connectivity index (χ2n) is 5.10. The number of hydrogen-bond acceptors (Lipinski definition) is 4. The lowest BCUT2D eigenvalue weighted by atomic mass is 9.90. The zero-order valence-electron chi connectivity index (χ0n) is 12.1. The van der Waals surface area contributed by atoms with E-state index in [0.29, 0.717) is 5.56 Å². The lowest BCUT2D eigenvalue weighted by molar-refractivity contribution is -0.125. The number of nitrogens with zero attached hydrogens (tertiary/aromatic N) is 1. The van der Waals surface area contributed by atoms with Crippen molar-refractivity contribution < 1.29 is 14.3 Å². The van der Waals surface area contributed by atoms with Crippen LogP contribution in [0.15, 0.2) is 24.3 Å². The number of benzene rings is 1. The van der Waals surface area contributed by atoms with Gasteiger partial charge in [0.15, 0.2) is 6.61 Å². The first-order valence-corrected chi connectivity index (χ1v) is 7.51. The highest BCUT2D eigenvalue weighted by molar-refractivity contribution is 14.1. The van der Waals surface area contributed by atoms with E-state index in [1.54, 1.807) is 25.1 Å². The Balaban J connectivity index is 2.58. The third-order valence-electron chi connectivity index (χ3n) is 3.18. The summed E-state index contributed by atoms with van der Waals surface area (Å²) in [4.78, 5) is 23.6. The Hall–Kier alpha value is -1.62. The second kappa shape index (κ2) is 7.41. The molecule has 0 fully saturated rings. The van der Waals surface area contributed by atoms with Crippen LogP contribution in [0.4, 0.5) is 0 Å². The van der Waals surface area contributed by atoms with E-state index in [-0.39, 0.29) is 5.92 Å². The van der Waals surface area contributed by atoms with Gasteiger partial charge in [-0.05, 0) is 53.6 Å². The fourth-order valence-electron chi connectivity index (χ4n) is 1.46. The Labute approximate surface area is 137 Å². The third kappa shape index (κ3) is 5.01. The Bertz CT molecular complexity index is 581. The van der Waals surface area contributed by atoms with Crippen molar-refractivity contribution in [2.24, 2.45) is 5.92 Å². The van der Waals surface area contributed by atoms with Gasteiger partial charge in [0, 0.05) is 3.57 Å². The number of nitriles is 1. The molecular formula is C15H17IN2O3. The van der Waals surface area contributed by atoms with Crippen LogP contribution >= 0.6 is 22.6 Å². The summed E-state index contributed by atoms with van der Waals surface area (Å²) in [7, 11) is 0. The van der Waals surface area contributed by atoms with E-state index >= 15 is 0 Å². The molecule has 0 aromatic heterocycles. The lowest BCUT2D eigenvalue weighted by Crippen LogP contribution is -2.50. The molecule has 0 radical (unpaired) electrons. The Morgan fingerprint density at radius 1 is 1.48 bits per heavy atom. The van der Waals surface area contributed by atoms with Gasteiger partial charge in [-0.3, -0.25) is 4.79 Å². The number of ether oxygens (including phenoxy) is 1. The number of amides is 1. The van der Waals surface area contributed by atoms with Crippen LogP contribution < -0.4 is 5.32 Å². The minimum Gasteiger partial charge on any atom is -0.452 e. The van der Waals surface area contributed by atoms with Crippen molar-refractivity contribution in [1.82, 2.24) is 5.32 Å². The Morgan fingerprint density at radius 3 is 2.67 bits per heavy atom. The van der Waals surface area contributed by atoms with Gasteiger partial charge in [0.05, 0.1) is 11.6 Å². The first-order valence-electron chi connectivity index (χ1n) is 6.43. The standard InChI is InChI=1S/C15H17IN2O3/c1-10(2)15(3,9-17)18-13(19)8-21-14(20)11-5-4-6-12(16)7-11/h4-7,10H,8H2,1-3H3,(H,18,19)/t15-/m0/s1. The summed E-state index contributed by atoms with van der Waals surface area (Å²) >= 11 is 2.09. The smallest absolute Gasteiger partial charge is 0.338 e. The van der Waals surface area contributed by atoms with Crippen LogP contribution in [0.1, 0.15) is 31.1 Å². The molecule has 0 saturated heterocycles. The van der Waals surface area contributed by atoms with Gasteiger partial charge in [0.2, 0.25) is 0 Å². The molecule has 1 amide bonds. The Kier molecular flexibility index (Phi) is 6.15. The zero-order valence-corrected chi connectivity index (χ0v) is 14.3. The number of hydrogen-bond donors (Lipinski definition) is 1. The van der Waals surface area contributed by atoms with E-state index in [1.165, 1.54) is 0 Å². The summed E-state index contributed by atoms with van der Waals surface area (Å²) < 4.78 is 5.86. The summed E-state index contributed by atoms with van der Waals surface area (Å²) in [6, 6.07) is 8.95. The number of rotatable bonds is 5. The largest absolute Gasteiger partial charge is 0.452 e. The molecule has 1 rings (SSSR count). The fourth-order valence-corrected chi connectivity index (χ4v) is 2.00. The van der Waals surface area contributed by atoms with Gasteiger partial charge in [-0.2, -0.15) is 5.26 Å². The number of halogens is 1. The predicted octanol–water partition coefficient (Wildman–Crippen LogP) is 2.50. The van der Waals surface area contributed by atoms with Gasteiger partial charge >= 0.3 is 5.97 Å². The van der Waals surface area contributed by atoms with Crippen LogP contribution in [-0.2, 0) is 9.53 Å². The molecule has 112 valence electrons. The van der Waals surface area contributed by atoms with Crippen molar-refractivity contribution in [3.63, 3.8) is 0 Å². The molecule has 5 nitrogen and oxygen atoms in total. The molecule has 0 heterocycles. The van der Waals surface area contributed by atoms with Crippen molar-refractivity contribution in [2.75, 3.05) is 6.61 Å². The normalized spacial score (nSPS) is 13.1. The molecule has 0 unspecified atom stereocenters. The van der Waals surface area contributed by atoms with E-state index in [2.05, 4.69) is 34.0 Å². The molecular weight excluding hydrogens is 383 g/mol. The zero-order chi connectivity index (χ0) is 16.0. The van der Waals surface area contributed by atoms with Gasteiger partial charge in [-0.15, -0.1) is 0 Å². The van der Waals surface area contributed by atoms with E-state index < -0.39 is 24.0 Å². The first-order chi connectivity index (χ1) is 9.78. The molecule has 0 spiro atoms. The number of carbonyl (C=O) groups is 2. The monoisotopic (exact) mass is 400 g/mol. The molecule has 1 aromatic carbocycles. The summed E-state index contributed by atoms with van der Waals surface area (Å²) in [6.45, 7) is 4.90. The molecule has 0 aliphatic heterocycles. The van der Waals surface area contributed by atoms with E-state index in [1.807, 2.05) is 19.9 Å². The van der Waals surface area contributed by atoms with Crippen molar-refractivity contribution in [3.05, 3.63) is 33.4 Å². The minimum atomic E-state index is -0.981. The SMILES string of the molecule is CC(C)[C@](C)(C#N)NC(=O)COC(=O)c1cccc(I)c1. The predicted molar refractivity (Wildman–Crippen MR) is 86.4 cm³/mol. The Morgan fingerprint density at radius 2 is 2.14 bits per heavy atom. The summed E-state index contributed by atoms with van der Waals surface area (Å²) in [5.74, 6) is -1.11. The van der Waals surface area contributed by atoms with Gasteiger partial charge in [0.1, 0.15) is 5.54 Å². The molecule has 1 N–H and O–H groups in total. The maximum atomic E-state index is 11.8. The van der Waals surface area contributed by atoms with Crippen molar-refractivity contribution in [3.8, 4) is 6.07 Å². The third-order valence-corrected chi connectivity index (χ3v) is 3.85. The second-order valence-corrected chi connectivity index (χ2v) is 6.35. The van der Waals surface area contributed by atoms with Crippen LogP contribution in [-0.4, -0.2) is 24.0 Å². The van der Waals surface area contributed by atoms with Crippen LogP contribution in [0.25, 0.3) is 0 Å². The summed E-state index contributed by atoms with van der Waals surface area (Å²) in [5, 5.41) is 11.7. The topological polar surface area (TPSA) is 79.2 Å². The minimum absolute atomic E-state index is 0.0575. The highest BCUT2D eigenvalue weighted by atomic mass is 127. The highest BCUT2D eigenvalue weighted by Crippen LogP contribution is 2.15. The molecule has 0 aliphatic rings. The average Bonchev–Trinajstić information content (AvgIpc) is 2.44. The first kappa shape index (κ1) is 17.4. The fraction of sp³-hybridized carbons (Fsp3) is 0.400. The summed E-state index contributed by atoms with van der Waals surface area (Å²) in [6.07, 6.45) is 0. The number of esters is 1. The van der Waals surface area contributed by atoms with E-state index in [4.69, 9.17) is 10.00 Å². The van der Waals surface area contributed by atoms with Crippen LogP contribution in [0.3, 0.4) is 0 Å². The quantitative estimate of drug-likeness (QED) is 0.609.